The first kappa shape index (κ1) is 14.2. The maximum atomic E-state index is 5.33. The summed E-state index contributed by atoms with van der Waals surface area (Å²) in [6, 6.07) is 6.84. The van der Waals surface area contributed by atoms with Crippen LogP contribution in [0.2, 0.25) is 0 Å². The molecule has 1 unspecified atom stereocenters. The summed E-state index contributed by atoms with van der Waals surface area (Å²) in [6.45, 7) is 3.33. The van der Waals surface area contributed by atoms with E-state index >= 15 is 0 Å². The zero-order valence-corrected chi connectivity index (χ0v) is 12.1. The van der Waals surface area contributed by atoms with E-state index < -0.39 is 0 Å². The molecular formula is C15H24N2O2. The number of nitrogens with one attached hydrogen (secondary N) is 1. The van der Waals surface area contributed by atoms with E-state index in [1.807, 2.05) is 6.07 Å². The summed E-state index contributed by atoms with van der Waals surface area (Å²) in [6.07, 6.45) is 2.29. The van der Waals surface area contributed by atoms with Crippen molar-refractivity contribution in [2.45, 2.75) is 18.9 Å². The third-order valence-corrected chi connectivity index (χ3v) is 3.86. The van der Waals surface area contributed by atoms with Gasteiger partial charge in [0.05, 0.1) is 14.2 Å². The molecule has 106 valence electrons. The molecule has 0 radical (unpaired) electrons. The van der Waals surface area contributed by atoms with Crippen LogP contribution in [0.15, 0.2) is 18.2 Å². The van der Waals surface area contributed by atoms with Crippen molar-refractivity contribution in [3.63, 3.8) is 0 Å². The summed E-state index contributed by atoms with van der Waals surface area (Å²) >= 11 is 0. The van der Waals surface area contributed by atoms with Crippen molar-refractivity contribution in [3.05, 3.63) is 23.8 Å². The van der Waals surface area contributed by atoms with Gasteiger partial charge < -0.3 is 19.7 Å². The summed E-state index contributed by atoms with van der Waals surface area (Å²) in [5.74, 6) is 1.60. The SMILES string of the molecule is COc1ccc(CCN(C)C2CCNC2)cc1OC. The monoisotopic (exact) mass is 264 g/mol. The van der Waals surface area contributed by atoms with Gasteiger partial charge in [0.2, 0.25) is 0 Å². The summed E-state index contributed by atoms with van der Waals surface area (Å²) in [4.78, 5) is 2.44. The third kappa shape index (κ3) is 3.61. The topological polar surface area (TPSA) is 33.7 Å². The van der Waals surface area contributed by atoms with E-state index in [9.17, 15) is 0 Å². The van der Waals surface area contributed by atoms with E-state index in [1.165, 1.54) is 12.0 Å². The smallest absolute Gasteiger partial charge is 0.160 e. The van der Waals surface area contributed by atoms with Crippen LogP contribution in [0.3, 0.4) is 0 Å². The van der Waals surface area contributed by atoms with Crippen LogP contribution in [-0.2, 0) is 6.42 Å². The molecule has 1 saturated heterocycles. The first-order valence-corrected chi connectivity index (χ1v) is 6.86. The molecular weight excluding hydrogens is 240 g/mol. The van der Waals surface area contributed by atoms with Gasteiger partial charge in [-0.05, 0) is 44.1 Å². The van der Waals surface area contributed by atoms with Crippen LogP contribution in [0.5, 0.6) is 11.5 Å². The van der Waals surface area contributed by atoms with E-state index in [0.717, 1.165) is 37.6 Å². The fraction of sp³-hybridized carbons (Fsp3) is 0.600. The Morgan fingerprint density at radius 2 is 2.05 bits per heavy atom. The van der Waals surface area contributed by atoms with Crippen LogP contribution < -0.4 is 14.8 Å². The number of hydrogen-bond acceptors (Lipinski definition) is 4. The van der Waals surface area contributed by atoms with Crippen molar-refractivity contribution >= 4 is 0 Å². The second kappa shape index (κ2) is 6.78. The first-order valence-electron chi connectivity index (χ1n) is 6.86. The fourth-order valence-corrected chi connectivity index (χ4v) is 2.54. The van der Waals surface area contributed by atoms with Crippen molar-refractivity contribution < 1.29 is 9.47 Å². The largest absolute Gasteiger partial charge is 0.493 e. The van der Waals surface area contributed by atoms with Crippen LogP contribution in [0.4, 0.5) is 0 Å². The average molecular weight is 264 g/mol. The molecule has 1 aliphatic heterocycles. The Balaban J connectivity index is 1.91. The van der Waals surface area contributed by atoms with E-state index in [0.29, 0.717) is 6.04 Å². The van der Waals surface area contributed by atoms with Crippen LogP contribution in [-0.4, -0.2) is 51.8 Å². The standard InChI is InChI=1S/C15H24N2O2/c1-17(13-6-8-16-11-13)9-7-12-4-5-14(18-2)15(10-12)19-3/h4-5,10,13,16H,6-9,11H2,1-3H3. The van der Waals surface area contributed by atoms with E-state index in [4.69, 9.17) is 9.47 Å². The number of methoxy groups -OCH3 is 2. The van der Waals surface area contributed by atoms with Crippen molar-refractivity contribution in [3.8, 4) is 11.5 Å². The van der Waals surface area contributed by atoms with Crippen LogP contribution in [0, 0.1) is 0 Å². The molecule has 1 fully saturated rings. The molecule has 0 bridgehead atoms. The minimum Gasteiger partial charge on any atom is -0.493 e. The molecule has 0 saturated carbocycles. The van der Waals surface area contributed by atoms with Gasteiger partial charge >= 0.3 is 0 Å². The molecule has 2 rings (SSSR count). The molecule has 19 heavy (non-hydrogen) atoms. The molecule has 1 heterocycles. The molecule has 4 nitrogen and oxygen atoms in total. The van der Waals surface area contributed by atoms with Gasteiger partial charge in [-0.15, -0.1) is 0 Å². The Kier molecular flexibility index (Phi) is 5.05. The fourth-order valence-electron chi connectivity index (χ4n) is 2.54. The molecule has 0 spiro atoms. The van der Waals surface area contributed by atoms with Gasteiger partial charge in [0.1, 0.15) is 0 Å². The van der Waals surface area contributed by atoms with Gasteiger partial charge in [-0.25, -0.2) is 0 Å². The third-order valence-electron chi connectivity index (χ3n) is 3.86. The number of ether oxygens (including phenoxy) is 2. The number of hydrogen-bond donors (Lipinski definition) is 1. The molecule has 1 aromatic rings. The summed E-state index contributed by atoms with van der Waals surface area (Å²) in [5, 5.41) is 3.41. The number of benzene rings is 1. The number of nitrogens with zero attached hydrogens (tertiary/aromatic N) is 1. The van der Waals surface area contributed by atoms with Crippen molar-refractivity contribution in [1.82, 2.24) is 10.2 Å². The molecule has 0 aliphatic carbocycles. The Bertz CT molecular complexity index is 403. The summed E-state index contributed by atoms with van der Waals surface area (Å²) in [7, 11) is 5.55. The Morgan fingerprint density at radius 1 is 1.26 bits per heavy atom. The normalized spacial score (nSPS) is 18.8. The Labute approximate surface area is 115 Å². The highest BCUT2D eigenvalue weighted by atomic mass is 16.5. The summed E-state index contributed by atoms with van der Waals surface area (Å²) in [5.41, 5.74) is 1.29. The lowest BCUT2D eigenvalue weighted by molar-refractivity contribution is 0.260. The van der Waals surface area contributed by atoms with Gasteiger partial charge in [0.15, 0.2) is 11.5 Å². The second-order valence-corrected chi connectivity index (χ2v) is 5.07. The van der Waals surface area contributed by atoms with Gasteiger partial charge in [0, 0.05) is 19.1 Å². The van der Waals surface area contributed by atoms with Crippen molar-refractivity contribution in [2.24, 2.45) is 0 Å². The van der Waals surface area contributed by atoms with E-state index in [1.54, 1.807) is 14.2 Å². The Hall–Kier alpha value is -1.26. The minimum absolute atomic E-state index is 0.681. The highest BCUT2D eigenvalue weighted by molar-refractivity contribution is 5.42. The molecule has 4 heteroatoms. The quantitative estimate of drug-likeness (QED) is 0.845. The Morgan fingerprint density at radius 3 is 2.68 bits per heavy atom. The molecule has 1 atom stereocenters. The van der Waals surface area contributed by atoms with Crippen LogP contribution >= 0.6 is 0 Å². The lowest BCUT2D eigenvalue weighted by atomic mass is 10.1. The summed E-state index contributed by atoms with van der Waals surface area (Å²) < 4.78 is 10.6. The molecule has 1 aliphatic rings. The van der Waals surface area contributed by atoms with Crippen LogP contribution in [0.1, 0.15) is 12.0 Å². The van der Waals surface area contributed by atoms with Crippen molar-refractivity contribution in [1.29, 1.82) is 0 Å². The lowest BCUT2D eigenvalue weighted by Crippen LogP contribution is -2.34. The predicted molar refractivity (Wildman–Crippen MR) is 77.2 cm³/mol. The molecule has 1 N–H and O–H groups in total. The molecule has 1 aromatic carbocycles. The van der Waals surface area contributed by atoms with Crippen LogP contribution in [0.25, 0.3) is 0 Å². The zero-order chi connectivity index (χ0) is 13.7. The number of likely N-dealkylation sites (N-methyl/N-ethyl adjacent to an activating group) is 1. The first-order chi connectivity index (χ1) is 9.24. The zero-order valence-electron chi connectivity index (χ0n) is 12.1. The maximum absolute atomic E-state index is 5.33. The minimum atomic E-state index is 0.681. The van der Waals surface area contributed by atoms with Gasteiger partial charge in [0.25, 0.3) is 0 Å². The van der Waals surface area contributed by atoms with E-state index in [2.05, 4.69) is 29.4 Å². The predicted octanol–water partition coefficient (Wildman–Crippen LogP) is 1.54. The number of rotatable bonds is 6. The molecule has 0 amide bonds. The maximum Gasteiger partial charge on any atom is 0.160 e. The van der Waals surface area contributed by atoms with Gasteiger partial charge in [-0.2, -0.15) is 0 Å². The second-order valence-electron chi connectivity index (χ2n) is 5.07. The van der Waals surface area contributed by atoms with Gasteiger partial charge in [-0.1, -0.05) is 6.07 Å². The molecule has 0 aromatic heterocycles. The average Bonchev–Trinajstić information content (AvgIpc) is 2.98. The van der Waals surface area contributed by atoms with Crippen molar-refractivity contribution in [2.75, 3.05) is 40.9 Å². The van der Waals surface area contributed by atoms with E-state index in [-0.39, 0.29) is 0 Å². The lowest BCUT2D eigenvalue weighted by Gasteiger charge is -2.23. The highest BCUT2D eigenvalue weighted by Gasteiger charge is 2.18. The van der Waals surface area contributed by atoms with Gasteiger partial charge in [-0.3, -0.25) is 0 Å². The highest BCUT2D eigenvalue weighted by Crippen LogP contribution is 2.27.